The van der Waals surface area contributed by atoms with Crippen LogP contribution in [0.5, 0.6) is 0 Å². The van der Waals surface area contributed by atoms with Crippen LogP contribution in [0.25, 0.3) is 11.0 Å². The molecule has 0 unspecified atom stereocenters. The fourth-order valence-electron chi connectivity index (χ4n) is 1.98. The second-order valence-corrected chi connectivity index (χ2v) is 7.65. The second-order valence-electron chi connectivity index (χ2n) is 5.56. The van der Waals surface area contributed by atoms with Gasteiger partial charge in [-0.2, -0.15) is 0 Å². The standard InChI is InChI=1S/C15H21N5O3S/c1-10-11(2)18-14-9-12(5-6-13(14)17-10)19-15(21)16-7-8-20(3)24(4,22)23/h5-6,9H,7-8H2,1-4H3,(H2,16,19,21). The van der Waals surface area contributed by atoms with E-state index >= 15 is 0 Å². The molecule has 0 atom stereocenters. The van der Waals surface area contributed by atoms with Gasteiger partial charge in [0.05, 0.1) is 28.7 Å². The van der Waals surface area contributed by atoms with Crippen molar-refractivity contribution in [2.24, 2.45) is 0 Å². The number of likely N-dealkylation sites (N-methyl/N-ethyl adjacent to an activating group) is 1. The Labute approximate surface area is 141 Å². The minimum Gasteiger partial charge on any atom is -0.337 e. The molecular weight excluding hydrogens is 330 g/mol. The van der Waals surface area contributed by atoms with E-state index in [4.69, 9.17) is 0 Å². The molecular formula is C15H21N5O3S. The molecule has 8 nitrogen and oxygen atoms in total. The summed E-state index contributed by atoms with van der Waals surface area (Å²) >= 11 is 0. The smallest absolute Gasteiger partial charge is 0.319 e. The Balaban J connectivity index is 1.97. The number of carbonyl (C=O) groups excluding carboxylic acids is 1. The summed E-state index contributed by atoms with van der Waals surface area (Å²) in [6.07, 6.45) is 1.12. The molecule has 9 heteroatoms. The Morgan fingerprint density at radius 1 is 1.17 bits per heavy atom. The number of nitrogens with one attached hydrogen (secondary N) is 2. The zero-order chi connectivity index (χ0) is 17.9. The molecule has 24 heavy (non-hydrogen) atoms. The molecule has 130 valence electrons. The van der Waals surface area contributed by atoms with Crippen molar-refractivity contribution in [3.63, 3.8) is 0 Å². The summed E-state index contributed by atoms with van der Waals surface area (Å²) in [5, 5.41) is 5.31. The minimum atomic E-state index is -3.25. The third kappa shape index (κ3) is 4.62. The van der Waals surface area contributed by atoms with Crippen molar-refractivity contribution in [2.75, 3.05) is 31.7 Å². The van der Waals surface area contributed by atoms with E-state index in [1.54, 1.807) is 18.2 Å². The number of rotatable bonds is 5. The summed E-state index contributed by atoms with van der Waals surface area (Å²) in [7, 11) is -1.79. The molecule has 2 amide bonds. The molecule has 0 aliphatic carbocycles. The molecule has 0 fully saturated rings. The number of nitrogens with zero attached hydrogens (tertiary/aromatic N) is 3. The molecule has 2 rings (SSSR count). The average Bonchev–Trinajstić information content (AvgIpc) is 2.47. The van der Waals surface area contributed by atoms with Gasteiger partial charge < -0.3 is 10.6 Å². The Bertz CT molecular complexity index is 867. The predicted octanol–water partition coefficient (Wildman–Crippen LogP) is 1.26. The Morgan fingerprint density at radius 3 is 2.42 bits per heavy atom. The molecule has 2 N–H and O–H groups in total. The first-order valence-electron chi connectivity index (χ1n) is 7.38. The summed E-state index contributed by atoms with van der Waals surface area (Å²) < 4.78 is 23.7. The van der Waals surface area contributed by atoms with E-state index < -0.39 is 16.1 Å². The highest BCUT2D eigenvalue weighted by molar-refractivity contribution is 7.88. The van der Waals surface area contributed by atoms with E-state index in [1.165, 1.54) is 11.4 Å². The number of fused-ring (bicyclic) bond motifs is 1. The van der Waals surface area contributed by atoms with Crippen LogP contribution in [0.1, 0.15) is 11.4 Å². The maximum atomic E-state index is 11.9. The van der Waals surface area contributed by atoms with Gasteiger partial charge in [0.2, 0.25) is 10.0 Å². The van der Waals surface area contributed by atoms with Crippen LogP contribution in [-0.4, -0.2) is 55.1 Å². The van der Waals surface area contributed by atoms with Crippen molar-refractivity contribution in [3.8, 4) is 0 Å². The van der Waals surface area contributed by atoms with Crippen LogP contribution < -0.4 is 10.6 Å². The number of anilines is 1. The highest BCUT2D eigenvalue weighted by Gasteiger charge is 2.11. The van der Waals surface area contributed by atoms with Gasteiger partial charge >= 0.3 is 6.03 Å². The molecule has 1 aromatic carbocycles. The van der Waals surface area contributed by atoms with Crippen molar-refractivity contribution in [2.45, 2.75) is 13.8 Å². The minimum absolute atomic E-state index is 0.202. The Kier molecular flexibility index (Phi) is 5.35. The van der Waals surface area contributed by atoms with Gasteiger partial charge in [0.25, 0.3) is 0 Å². The number of aromatic nitrogens is 2. The normalized spacial score (nSPS) is 11.7. The molecule has 0 bridgehead atoms. The summed E-state index contributed by atoms with van der Waals surface area (Å²) in [5.74, 6) is 0. The molecule has 0 saturated carbocycles. The summed E-state index contributed by atoms with van der Waals surface area (Å²) in [6.45, 7) is 4.19. The summed E-state index contributed by atoms with van der Waals surface area (Å²) in [4.78, 5) is 20.8. The number of carbonyl (C=O) groups is 1. The maximum Gasteiger partial charge on any atom is 0.319 e. The van der Waals surface area contributed by atoms with Gasteiger partial charge in [-0.1, -0.05) is 0 Å². The first-order valence-corrected chi connectivity index (χ1v) is 9.23. The van der Waals surface area contributed by atoms with Gasteiger partial charge in [-0.05, 0) is 32.0 Å². The predicted molar refractivity (Wildman–Crippen MR) is 93.5 cm³/mol. The summed E-state index contributed by atoms with van der Waals surface area (Å²) in [5.41, 5.74) is 3.77. The van der Waals surface area contributed by atoms with Crippen molar-refractivity contribution in [1.29, 1.82) is 0 Å². The number of sulfonamides is 1. The van der Waals surface area contributed by atoms with Gasteiger partial charge in [0.1, 0.15) is 0 Å². The first kappa shape index (κ1) is 18.1. The lowest BCUT2D eigenvalue weighted by molar-refractivity contribution is 0.251. The number of hydrogen-bond donors (Lipinski definition) is 2. The number of urea groups is 1. The zero-order valence-electron chi connectivity index (χ0n) is 14.1. The van der Waals surface area contributed by atoms with Gasteiger partial charge in [-0.15, -0.1) is 0 Å². The lowest BCUT2D eigenvalue weighted by atomic mass is 10.2. The van der Waals surface area contributed by atoms with Gasteiger partial charge in [0, 0.05) is 25.8 Å². The highest BCUT2D eigenvalue weighted by atomic mass is 32.2. The van der Waals surface area contributed by atoms with Crippen LogP contribution in [0.15, 0.2) is 18.2 Å². The molecule has 1 heterocycles. The molecule has 0 spiro atoms. The first-order chi connectivity index (χ1) is 11.2. The second kappa shape index (κ2) is 7.10. The van der Waals surface area contributed by atoms with Crippen molar-refractivity contribution < 1.29 is 13.2 Å². The third-order valence-electron chi connectivity index (χ3n) is 3.61. The Hall–Kier alpha value is -2.26. The molecule has 0 radical (unpaired) electrons. The van der Waals surface area contributed by atoms with E-state index in [1.807, 2.05) is 13.8 Å². The molecule has 1 aromatic heterocycles. The molecule has 0 saturated heterocycles. The largest absolute Gasteiger partial charge is 0.337 e. The van der Waals surface area contributed by atoms with Gasteiger partial charge in [0.15, 0.2) is 0 Å². The number of amides is 2. The number of benzene rings is 1. The SMILES string of the molecule is Cc1nc2ccc(NC(=O)NCCN(C)S(C)(=O)=O)cc2nc1C. The van der Waals surface area contributed by atoms with Gasteiger partial charge in [-0.3, -0.25) is 0 Å². The topological polar surface area (TPSA) is 104 Å². The monoisotopic (exact) mass is 351 g/mol. The lowest BCUT2D eigenvalue weighted by Gasteiger charge is -2.14. The van der Waals surface area contributed by atoms with Crippen LogP contribution in [0.3, 0.4) is 0 Å². The molecule has 0 aliphatic heterocycles. The highest BCUT2D eigenvalue weighted by Crippen LogP contribution is 2.17. The fraction of sp³-hybridized carbons (Fsp3) is 0.400. The number of hydrogen-bond acceptors (Lipinski definition) is 5. The van der Waals surface area contributed by atoms with E-state index in [0.29, 0.717) is 11.2 Å². The van der Waals surface area contributed by atoms with E-state index in [-0.39, 0.29) is 13.1 Å². The van der Waals surface area contributed by atoms with E-state index in [2.05, 4.69) is 20.6 Å². The third-order valence-corrected chi connectivity index (χ3v) is 4.93. The van der Waals surface area contributed by atoms with Crippen molar-refractivity contribution in [3.05, 3.63) is 29.6 Å². The van der Waals surface area contributed by atoms with Crippen LogP contribution >= 0.6 is 0 Å². The lowest BCUT2D eigenvalue weighted by Crippen LogP contribution is -2.37. The molecule has 0 aliphatic rings. The van der Waals surface area contributed by atoms with E-state index in [0.717, 1.165) is 23.2 Å². The van der Waals surface area contributed by atoms with Crippen LogP contribution in [0.4, 0.5) is 10.5 Å². The molecule has 2 aromatic rings. The Morgan fingerprint density at radius 2 is 1.79 bits per heavy atom. The van der Waals surface area contributed by atoms with E-state index in [9.17, 15) is 13.2 Å². The summed E-state index contributed by atoms with van der Waals surface area (Å²) in [6, 6.07) is 4.88. The quantitative estimate of drug-likeness (QED) is 0.844. The van der Waals surface area contributed by atoms with Crippen LogP contribution in [0.2, 0.25) is 0 Å². The zero-order valence-corrected chi connectivity index (χ0v) is 14.9. The van der Waals surface area contributed by atoms with Gasteiger partial charge in [-0.25, -0.2) is 27.5 Å². The number of aryl methyl sites for hydroxylation is 2. The average molecular weight is 351 g/mol. The fourth-order valence-corrected chi connectivity index (χ4v) is 2.40. The van der Waals surface area contributed by atoms with Crippen LogP contribution in [-0.2, 0) is 10.0 Å². The van der Waals surface area contributed by atoms with Crippen molar-refractivity contribution in [1.82, 2.24) is 19.6 Å². The van der Waals surface area contributed by atoms with Crippen LogP contribution in [0, 0.1) is 13.8 Å². The maximum absolute atomic E-state index is 11.9. The van der Waals surface area contributed by atoms with Crippen molar-refractivity contribution >= 4 is 32.8 Å².